The first-order valence-corrected chi connectivity index (χ1v) is 10.3. The van der Waals surface area contributed by atoms with Crippen molar-refractivity contribution in [2.75, 3.05) is 0 Å². The van der Waals surface area contributed by atoms with Crippen molar-refractivity contribution in [3.63, 3.8) is 0 Å². The number of rotatable bonds is 5. The number of H-pyrrole nitrogens is 1. The highest BCUT2D eigenvalue weighted by molar-refractivity contribution is 7.17. The monoisotopic (exact) mass is 381 g/mol. The van der Waals surface area contributed by atoms with Gasteiger partial charge in [-0.25, -0.2) is 4.98 Å². The Kier molecular flexibility index (Phi) is 4.72. The van der Waals surface area contributed by atoms with Crippen molar-refractivity contribution < 1.29 is 0 Å². The standard InChI is InChI=1S/C20H19N3OS2/c1-12(16-9-6-10-25-16)21-13(2)18-22-19(24)17-15(11-26-20(17)23-18)14-7-4-3-5-8-14/h3-13,21H,1-2H3,(H,22,23,24)/t12-,13+/m1/s1. The maximum Gasteiger partial charge on any atom is 0.260 e. The van der Waals surface area contributed by atoms with Crippen LogP contribution in [0.4, 0.5) is 0 Å². The van der Waals surface area contributed by atoms with Gasteiger partial charge in [-0.1, -0.05) is 36.4 Å². The molecule has 132 valence electrons. The highest BCUT2D eigenvalue weighted by Crippen LogP contribution is 2.31. The number of aromatic amines is 1. The fraction of sp³-hybridized carbons (Fsp3) is 0.200. The largest absolute Gasteiger partial charge is 0.309 e. The van der Waals surface area contributed by atoms with Crippen molar-refractivity contribution in [3.8, 4) is 11.1 Å². The number of hydrogen-bond donors (Lipinski definition) is 2. The molecule has 0 unspecified atom stereocenters. The average Bonchev–Trinajstić information content (AvgIpc) is 3.32. The van der Waals surface area contributed by atoms with Crippen molar-refractivity contribution in [1.82, 2.24) is 15.3 Å². The maximum atomic E-state index is 12.8. The van der Waals surface area contributed by atoms with Crippen molar-refractivity contribution in [1.29, 1.82) is 0 Å². The van der Waals surface area contributed by atoms with Gasteiger partial charge in [0.25, 0.3) is 5.56 Å². The van der Waals surface area contributed by atoms with Crippen LogP contribution in [0.25, 0.3) is 21.3 Å². The molecule has 3 aromatic heterocycles. The van der Waals surface area contributed by atoms with Gasteiger partial charge in [0.1, 0.15) is 10.7 Å². The van der Waals surface area contributed by atoms with Crippen LogP contribution in [0.1, 0.15) is 36.6 Å². The Hall–Kier alpha value is -2.28. The third-order valence-corrected chi connectivity index (χ3v) is 6.35. The SMILES string of the molecule is C[C@H](N[C@H](C)c1cccs1)c1nc2scc(-c3ccccc3)c2c(=O)[nH]1. The molecule has 0 saturated heterocycles. The quantitative estimate of drug-likeness (QED) is 0.504. The molecule has 26 heavy (non-hydrogen) atoms. The summed E-state index contributed by atoms with van der Waals surface area (Å²) in [6.07, 6.45) is 0. The van der Waals surface area contributed by atoms with Crippen molar-refractivity contribution in [2.45, 2.75) is 25.9 Å². The summed E-state index contributed by atoms with van der Waals surface area (Å²) in [5.74, 6) is 0.673. The first kappa shape index (κ1) is 17.1. The van der Waals surface area contributed by atoms with Gasteiger partial charge in [-0.2, -0.15) is 0 Å². The topological polar surface area (TPSA) is 57.8 Å². The van der Waals surface area contributed by atoms with E-state index in [4.69, 9.17) is 4.98 Å². The Morgan fingerprint density at radius 1 is 1.04 bits per heavy atom. The lowest BCUT2D eigenvalue weighted by atomic mass is 10.1. The van der Waals surface area contributed by atoms with Crippen molar-refractivity contribution >= 4 is 32.9 Å². The molecular weight excluding hydrogens is 362 g/mol. The summed E-state index contributed by atoms with van der Waals surface area (Å²) in [6, 6.07) is 14.3. The molecular formula is C20H19N3OS2. The van der Waals surface area contributed by atoms with E-state index < -0.39 is 0 Å². The van der Waals surface area contributed by atoms with Gasteiger partial charge in [0.2, 0.25) is 0 Å². The second-order valence-corrected chi connectivity index (χ2v) is 8.11. The number of nitrogens with zero attached hydrogens (tertiary/aromatic N) is 1. The van der Waals surface area contributed by atoms with E-state index in [0.717, 1.165) is 16.0 Å². The van der Waals surface area contributed by atoms with Gasteiger partial charge in [0, 0.05) is 21.9 Å². The zero-order chi connectivity index (χ0) is 18.1. The predicted molar refractivity (Wildman–Crippen MR) is 110 cm³/mol. The molecule has 0 saturated carbocycles. The van der Waals surface area contributed by atoms with Gasteiger partial charge in [-0.15, -0.1) is 22.7 Å². The van der Waals surface area contributed by atoms with Gasteiger partial charge >= 0.3 is 0 Å². The summed E-state index contributed by atoms with van der Waals surface area (Å²) >= 11 is 3.24. The minimum atomic E-state index is -0.0810. The van der Waals surface area contributed by atoms with Gasteiger partial charge in [-0.3, -0.25) is 4.79 Å². The summed E-state index contributed by atoms with van der Waals surface area (Å²) in [5.41, 5.74) is 1.90. The second kappa shape index (κ2) is 7.15. The summed E-state index contributed by atoms with van der Waals surface area (Å²) < 4.78 is 0. The Morgan fingerprint density at radius 2 is 1.85 bits per heavy atom. The molecule has 4 aromatic rings. The lowest BCUT2D eigenvalue weighted by Crippen LogP contribution is -2.25. The number of hydrogen-bond acceptors (Lipinski definition) is 5. The molecule has 2 atom stereocenters. The summed E-state index contributed by atoms with van der Waals surface area (Å²) in [6.45, 7) is 4.15. The lowest BCUT2D eigenvalue weighted by molar-refractivity contribution is 0.482. The average molecular weight is 382 g/mol. The zero-order valence-electron chi connectivity index (χ0n) is 14.5. The number of nitrogens with one attached hydrogen (secondary N) is 2. The summed E-state index contributed by atoms with van der Waals surface area (Å²) in [4.78, 5) is 22.5. The van der Waals surface area contributed by atoms with Crippen LogP contribution in [0.3, 0.4) is 0 Å². The molecule has 0 fully saturated rings. The van der Waals surface area contributed by atoms with Crippen molar-refractivity contribution in [3.05, 3.63) is 74.3 Å². The van der Waals surface area contributed by atoms with E-state index in [9.17, 15) is 4.79 Å². The van der Waals surface area contributed by atoms with E-state index in [0.29, 0.717) is 11.2 Å². The molecule has 1 aromatic carbocycles. The molecule has 0 aliphatic carbocycles. The van der Waals surface area contributed by atoms with E-state index in [1.54, 1.807) is 11.3 Å². The van der Waals surface area contributed by atoms with Gasteiger partial charge in [0.15, 0.2) is 0 Å². The fourth-order valence-electron chi connectivity index (χ4n) is 3.07. The van der Waals surface area contributed by atoms with Crippen LogP contribution in [-0.4, -0.2) is 9.97 Å². The lowest BCUT2D eigenvalue weighted by Gasteiger charge is -2.18. The molecule has 0 bridgehead atoms. The van der Waals surface area contributed by atoms with Crippen LogP contribution in [0.5, 0.6) is 0 Å². The first-order chi connectivity index (χ1) is 12.6. The van der Waals surface area contributed by atoms with Crippen LogP contribution in [0.2, 0.25) is 0 Å². The third-order valence-electron chi connectivity index (χ3n) is 4.43. The molecule has 0 aliphatic heterocycles. The molecule has 4 nitrogen and oxygen atoms in total. The van der Waals surface area contributed by atoms with Gasteiger partial charge in [-0.05, 0) is 30.9 Å². The summed E-state index contributed by atoms with van der Waals surface area (Å²) in [7, 11) is 0. The highest BCUT2D eigenvalue weighted by Gasteiger charge is 2.17. The van der Waals surface area contributed by atoms with E-state index in [1.807, 2.05) is 48.7 Å². The Bertz CT molecular complexity index is 1070. The number of thiophene rings is 2. The van der Waals surface area contributed by atoms with E-state index in [-0.39, 0.29) is 17.6 Å². The minimum Gasteiger partial charge on any atom is -0.309 e. The molecule has 3 heterocycles. The van der Waals surface area contributed by atoms with Crippen LogP contribution in [-0.2, 0) is 0 Å². The van der Waals surface area contributed by atoms with E-state index in [1.165, 1.54) is 16.2 Å². The first-order valence-electron chi connectivity index (χ1n) is 8.50. The maximum absolute atomic E-state index is 12.8. The van der Waals surface area contributed by atoms with Gasteiger partial charge in [0.05, 0.1) is 11.4 Å². The van der Waals surface area contributed by atoms with Gasteiger partial charge < -0.3 is 10.3 Å². The Labute approximate surface area is 159 Å². The summed E-state index contributed by atoms with van der Waals surface area (Å²) in [5, 5.41) is 8.26. The second-order valence-electron chi connectivity index (χ2n) is 6.27. The zero-order valence-corrected chi connectivity index (χ0v) is 16.2. The Balaban J connectivity index is 1.67. The van der Waals surface area contributed by atoms with Crippen LogP contribution < -0.4 is 10.9 Å². The molecule has 2 N–H and O–H groups in total. The smallest absolute Gasteiger partial charge is 0.260 e. The predicted octanol–water partition coefficient (Wildman–Crippen LogP) is 5.12. The molecule has 0 spiro atoms. The van der Waals surface area contributed by atoms with Crippen LogP contribution in [0, 0.1) is 0 Å². The molecule has 4 rings (SSSR count). The highest BCUT2D eigenvalue weighted by atomic mass is 32.1. The normalized spacial score (nSPS) is 13.8. The van der Waals surface area contributed by atoms with Crippen molar-refractivity contribution in [2.24, 2.45) is 0 Å². The molecule has 0 amide bonds. The fourth-order valence-corrected chi connectivity index (χ4v) is 4.77. The van der Waals surface area contributed by atoms with Crippen LogP contribution in [0.15, 0.2) is 58.0 Å². The van der Waals surface area contributed by atoms with E-state index >= 15 is 0 Å². The number of aromatic nitrogens is 2. The third kappa shape index (κ3) is 3.23. The number of benzene rings is 1. The minimum absolute atomic E-state index is 0.0496. The van der Waals surface area contributed by atoms with Crippen LogP contribution >= 0.6 is 22.7 Å². The molecule has 0 aliphatic rings. The van der Waals surface area contributed by atoms with E-state index in [2.05, 4.69) is 28.7 Å². The number of fused-ring (bicyclic) bond motifs is 1. The molecule has 6 heteroatoms. The Morgan fingerprint density at radius 3 is 2.58 bits per heavy atom. The molecule has 0 radical (unpaired) electrons.